The van der Waals surface area contributed by atoms with Crippen LogP contribution in [0.2, 0.25) is 0 Å². The summed E-state index contributed by atoms with van der Waals surface area (Å²) >= 11 is 0. The Hall–Kier alpha value is -2.26. The molecular formula is C16H21N3O2. The third-order valence-electron chi connectivity index (χ3n) is 3.25. The van der Waals surface area contributed by atoms with Crippen LogP contribution in [0.4, 0.5) is 0 Å². The van der Waals surface area contributed by atoms with E-state index in [-0.39, 0.29) is 6.15 Å². The molecule has 5 heteroatoms. The summed E-state index contributed by atoms with van der Waals surface area (Å²) < 4.78 is 2.07. The zero-order valence-electron chi connectivity index (χ0n) is 13.0. The van der Waals surface area contributed by atoms with E-state index in [0.717, 1.165) is 18.7 Å². The number of carbonyl (C=O) groups excluding carboxylic acids is 2. The van der Waals surface area contributed by atoms with Crippen molar-refractivity contribution < 1.29 is 9.59 Å². The quantitative estimate of drug-likeness (QED) is 0.867. The Bertz CT molecular complexity index is 612. The van der Waals surface area contributed by atoms with Crippen LogP contribution in [0.15, 0.2) is 24.5 Å². The largest absolute Gasteiger partial charge is 0.373 e. The third-order valence-corrected chi connectivity index (χ3v) is 3.25. The van der Waals surface area contributed by atoms with Gasteiger partial charge in [-0.15, -0.1) is 0 Å². The summed E-state index contributed by atoms with van der Waals surface area (Å²) in [6, 6.07) is 4.30. The fourth-order valence-electron chi connectivity index (χ4n) is 2.22. The van der Waals surface area contributed by atoms with Crippen molar-refractivity contribution in [1.82, 2.24) is 14.8 Å². The first-order valence-electron chi connectivity index (χ1n) is 7.09. The van der Waals surface area contributed by atoms with E-state index in [1.807, 2.05) is 12.4 Å². The van der Waals surface area contributed by atoms with E-state index in [2.05, 4.69) is 54.6 Å². The van der Waals surface area contributed by atoms with Gasteiger partial charge in [-0.25, -0.2) is 0 Å². The van der Waals surface area contributed by atoms with Crippen molar-refractivity contribution in [2.45, 2.75) is 46.6 Å². The molecule has 0 radical (unpaired) electrons. The molecule has 0 aliphatic heterocycles. The minimum Gasteiger partial charge on any atom is -0.265 e. The fourth-order valence-corrected chi connectivity index (χ4v) is 2.22. The number of nitrogens with zero attached hydrogens (tertiary/aromatic N) is 3. The van der Waals surface area contributed by atoms with Crippen molar-refractivity contribution in [3.05, 3.63) is 35.8 Å². The molecule has 2 rings (SSSR count). The van der Waals surface area contributed by atoms with Gasteiger partial charge in [0.05, 0.1) is 11.4 Å². The van der Waals surface area contributed by atoms with Crippen LogP contribution in [-0.4, -0.2) is 20.9 Å². The van der Waals surface area contributed by atoms with E-state index in [1.54, 1.807) is 0 Å². The van der Waals surface area contributed by atoms with E-state index < -0.39 is 0 Å². The van der Waals surface area contributed by atoms with Crippen LogP contribution in [0.3, 0.4) is 0 Å². The second-order valence-electron chi connectivity index (χ2n) is 4.89. The molecule has 2 aromatic rings. The smallest absolute Gasteiger partial charge is 0.265 e. The summed E-state index contributed by atoms with van der Waals surface area (Å²) in [5.41, 5.74) is 4.88. The molecule has 0 fully saturated rings. The van der Waals surface area contributed by atoms with Crippen molar-refractivity contribution in [2.24, 2.45) is 0 Å². The van der Waals surface area contributed by atoms with Crippen LogP contribution in [0.1, 0.15) is 44.9 Å². The molecule has 0 amide bonds. The number of aryl methyl sites for hydroxylation is 2. The first-order chi connectivity index (χ1) is 10.1. The standard InChI is InChI=1S/C15H21N3.CO2/c1-5-12-9-15(18(6-2)17-12)14-10-16-8-7-13(14)11(3)4;2-1-3/h7-11H,5-6H2,1-4H3;. The number of rotatable bonds is 4. The monoisotopic (exact) mass is 287 g/mol. The number of pyridine rings is 1. The predicted molar refractivity (Wildman–Crippen MR) is 79.6 cm³/mol. The number of hydrogen-bond acceptors (Lipinski definition) is 4. The van der Waals surface area contributed by atoms with Crippen LogP contribution in [-0.2, 0) is 22.6 Å². The Morgan fingerprint density at radius 2 is 1.95 bits per heavy atom. The molecular weight excluding hydrogens is 266 g/mol. The summed E-state index contributed by atoms with van der Waals surface area (Å²) in [5.74, 6) is 0.494. The van der Waals surface area contributed by atoms with Gasteiger partial charge in [0, 0.05) is 24.5 Å². The van der Waals surface area contributed by atoms with Crippen LogP contribution in [0.5, 0.6) is 0 Å². The Balaban J connectivity index is 0.000000677. The number of aromatic nitrogens is 3. The average Bonchev–Trinajstić information content (AvgIpc) is 2.91. The summed E-state index contributed by atoms with van der Waals surface area (Å²) in [5, 5.41) is 4.61. The van der Waals surface area contributed by atoms with Crippen molar-refractivity contribution in [2.75, 3.05) is 0 Å². The van der Waals surface area contributed by atoms with Gasteiger partial charge >= 0.3 is 6.15 Å². The van der Waals surface area contributed by atoms with E-state index >= 15 is 0 Å². The minimum atomic E-state index is 0.250. The molecule has 0 aliphatic carbocycles. The minimum absolute atomic E-state index is 0.250. The third kappa shape index (κ3) is 4.10. The molecule has 2 aromatic heterocycles. The molecule has 0 aromatic carbocycles. The van der Waals surface area contributed by atoms with E-state index in [9.17, 15) is 0 Å². The summed E-state index contributed by atoms with van der Waals surface area (Å²) in [4.78, 5) is 20.5. The van der Waals surface area contributed by atoms with Gasteiger partial charge in [0.2, 0.25) is 0 Å². The van der Waals surface area contributed by atoms with Gasteiger partial charge < -0.3 is 0 Å². The molecule has 0 saturated heterocycles. The molecule has 0 N–H and O–H groups in total. The van der Waals surface area contributed by atoms with Crippen LogP contribution >= 0.6 is 0 Å². The SMILES string of the molecule is CCc1cc(-c2cnccc2C(C)C)n(CC)n1.O=C=O. The Morgan fingerprint density at radius 1 is 1.29 bits per heavy atom. The van der Waals surface area contributed by atoms with Crippen molar-refractivity contribution in [3.63, 3.8) is 0 Å². The van der Waals surface area contributed by atoms with Crippen LogP contribution in [0, 0.1) is 0 Å². The summed E-state index contributed by atoms with van der Waals surface area (Å²) in [6.45, 7) is 9.58. The second-order valence-corrected chi connectivity index (χ2v) is 4.89. The molecule has 0 atom stereocenters. The predicted octanol–water partition coefficient (Wildman–Crippen LogP) is 3.07. The lowest BCUT2D eigenvalue weighted by Gasteiger charge is -2.12. The van der Waals surface area contributed by atoms with Gasteiger partial charge in [0.25, 0.3) is 0 Å². The Morgan fingerprint density at radius 3 is 2.48 bits per heavy atom. The highest BCUT2D eigenvalue weighted by atomic mass is 16.2. The highest BCUT2D eigenvalue weighted by molar-refractivity contribution is 5.64. The first kappa shape index (κ1) is 16.8. The van der Waals surface area contributed by atoms with Gasteiger partial charge in [0.15, 0.2) is 0 Å². The lowest BCUT2D eigenvalue weighted by molar-refractivity contribution is -0.191. The highest BCUT2D eigenvalue weighted by Gasteiger charge is 2.13. The highest BCUT2D eigenvalue weighted by Crippen LogP contribution is 2.28. The van der Waals surface area contributed by atoms with Crippen molar-refractivity contribution in [3.8, 4) is 11.3 Å². The summed E-state index contributed by atoms with van der Waals surface area (Å²) in [7, 11) is 0. The van der Waals surface area contributed by atoms with E-state index in [1.165, 1.54) is 16.8 Å². The van der Waals surface area contributed by atoms with Gasteiger partial charge in [0.1, 0.15) is 0 Å². The van der Waals surface area contributed by atoms with E-state index in [4.69, 9.17) is 9.59 Å². The molecule has 2 heterocycles. The first-order valence-corrected chi connectivity index (χ1v) is 7.09. The van der Waals surface area contributed by atoms with Gasteiger partial charge in [-0.2, -0.15) is 14.7 Å². The topological polar surface area (TPSA) is 64.8 Å². The zero-order valence-corrected chi connectivity index (χ0v) is 13.0. The van der Waals surface area contributed by atoms with E-state index in [0.29, 0.717) is 5.92 Å². The molecule has 0 unspecified atom stereocenters. The molecule has 112 valence electrons. The fraction of sp³-hybridized carbons (Fsp3) is 0.438. The zero-order chi connectivity index (χ0) is 15.8. The maximum absolute atomic E-state index is 8.12. The molecule has 21 heavy (non-hydrogen) atoms. The summed E-state index contributed by atoms with van der Waals surface area (Å²) in [6.07, 6.45) is 5.04. The second kappa shape index (κ2) is 8.12. The Kier molecular flexibility index (Phi) is 6.50. The normalized spacial score (nSPS) is 9.95. The van der Waals surface area contributed by atoms with Crippen molar-refractivity contribution in [1.29, 1.82) is 0 Å². The van der Waals surface area contributed by atoms with Crippen LogP contribution < -0.4 is 0 Å². The molecule has 0 saturated carbocycles. The van der Waals surface area contributed by atoms with Gasteiger partial charge in [-0.1, -0.05) is 20.8 Å². The Labute approximate surface area is 125 Å². The van der Waals surface area contributed by atoms with Crippen molar-refractivity contribution >= 4 is 6.15 Å². The maximum atomic E-state index is 8.12. The lowest BCUT2D eigenvalue weighted by atomic mass is 9.97. The van der Waals surface area contributed by atoms with Gasteiger partial charge in [-0.05, 0) is 37.0 Å². The number of hydrogen-bond donors (Lipinski definition) is 0. The maximum Gasteiger partial charge on any atom is 0.373 e. The lowest BCUT2D eigenvalue weighted by Crippen LogP contribution is -2.02. The average molecular weight is 287 g/mol. The van der Waals surface area contributed by atoms with Gasteiger partial charge in [-0.3, -0.25) is 9.67 Å². The molecule has 0 aliphatic rings. The molecule has 0 bridgehead atoms. The van der Waals surface area contributed by atoms with Crippen LogP contribution in [0.25, 0.3) is 11.3 Å². The molecule has 0 spiro atoms. The molecule has 5 nitrogen and oxygen atoms in total.